The minimum atomic E-state index is 0.242. The number of nitrogens with one attached hydrogen (secondary N) is 1. The third-order valence-electron chi connectivity index (χ3n) is 4.73. The number of hydrogen-bond donors (Lipinski definition) is 1. The zero-order valence-corrected chi connectivity index (χ0v) is 13.1. The summed E-state index contributed by atoms with van der Waals surface area (Å²) in [7, 11) is 0. The van der Waals surface area contributed by atoms with E-state index in [-0.39, 0.29) is 5.78 Å². The summed E-state index contributed by atoms with van der Waals surface area (Å²) < 4.78 is 8.12. The van der Waals surface area contributed by atoms with Crippen molar-refractivity contribution >= 4 is 5.78 Å². The number of carbonyl (C=O) groups is 1. The maximum absolute atomic E-state index is 12.0. The Balaban J connectivity index is 1.63. The van der Waals surface area contributed by atoms with Crippen molar-refractivity contribution in [2.75, 3.05) is 13.2 Å². The molecule has 5 nitrogen and oxygen atoms in total. The Morgan fingerprint density at radius 3 is 3.13 bits per heavy atom. The normalized spacial score (nSPS) is 20.5. The zero-order chi connectivity index (χ0) is 15.6. The van der Waals surface area contributed by atoms with Crippen molar-refractivity contribution in [2.45, 2.75) is 38.1 Å². The summed E-state index contributed by atoms with van der Waals surface area (Å²) in [5.41, 5.74) is 2.85. The van der Waals surface area contributed by atoms with Crippen LogP contribution in [0, 0.1) is 0 Å². The van der Waals surface area contributed by atoms with Gasteiger partial charge in [0, 0.05) is 42.2 Å². The van der Waals surface area contributed by atoms with Crippen molar-refractivity contribution in [3.8, 4) is 11.4 Å². The maximum atomic E-state index is 12.0. The molecule has 4 rings (SSSR count). The van der Waals surface area contributed by atoms with Crippen molar-refractivity contribution in [2.24, 2.45) is 0 Å². The Bertz CT molecular complexity index is 717. The molecule has 2 aromatic heterocycles. The number of rotatable bonds is 4. The highest BCUT2D eigenvalue weighted by molar-refractivity contribution is 5.98. The van der Waals surface area contributed by atoms with Gasteiger partial charge in [0.2, 0.25) is 0 Å². The highest BCUT2D eigenvalue weighted by atomic mass is 16.5. The molecule has 1 aliphatic carbocycles. The highest BCUT2D eigenvalue weighted by Crippen LogP contribution is 2.29. The van der Waals surface area contributed by atoms with Crippen LogP contribution in [0.25, 0.3) is 5.69 Å². The van der Waals surface area contributed by atoms with E-state index in [4.69, 9.17) is 4.74 Å². The summed E-state index contributed by atoms with van der Waals surface area (Å²) in [6.45, 7) is 1.74. The Labute approximate surface area is 135 Å². The van der Waals surface area contributed by atoms with Crippen LogP contribution in [0.3, 0.4) is 0 Å². The lowest BCUT2D eigenvalue weighted by atomic mass is 9.97. The van der Waals surface area contributed by atoms with Crippen molar-refractivity contribution in [1.82, 2.24) is 14.9 Å². The number of ether oxygens (including phenoxy) is 1. The summed E-state index contributed by atoms with van der Waals surface area (Å²) in [5, 5.41) is 3.44. The summed E-state index contributed by atoms with van der Waals surface area (Å²) in [6.07, 6.45) is 10.4. The Kier molecular flexibility index (Phi) is 3.87. The largest absolute Gasteiger partial charge is 0.490 e. The quantitative estimate of drug-likeness (QED) is 0.942. The molecule has 1 atom stereocenters. The fourth-order valence-electron chi connectivity index (χ4n) is 3.52. The van der Waals surface area contributed by atoms with Crippen LogP contribution in [-0.4, -0.2) is 34.5 Å². The van der Waals surface area contributed by atoms with Crippen LogP contribution >= 0.6 is 0 Å². The Morgan fingerprint density at radius 2 is 2.26 bits per heavy atom. The van der Waals surface area contributed by atoms with E-state index in [9.17, 15) is 4.79 Å². The van der Waals surface area contributed by atoms with Gasteiger partial charge >= 0.3 is 0 Å². The number of carbonyl (C=O) groups excluding carboxylic acids is 1. The Hall–Kier alpha value is -2.14. The van der Waals surface area contributed by atoms with Gasteiger partial charge in [-0.1, -0.05) is 0 Å². The second kappa shape index (κ2) is 6.16. The highest BCUT2D eigenvalue weighted by Gasteiger charge is 2.22. The number of ketones is 1. The molecule has 0 bridgehead atoms. The predicted octanol–water partition coefficient (Wildman–Crippen LogP) is 2.52. The smallest absolute Gasteiger partial charge is 0.164 e. The summed E-state index contributed by atoms with van der Waals surface area (Å²) in [4.78, 5) is 16.3. The minimum absolute atomic E-state index is 0.242. The topological polar surface area (TPSA) is 56.2 Å². The minimum Gasteiger partial charge on any atom is -0.490 e. The van der Waals surface area contributed by atoms with E-state index in [1.807, 2.05) is 24.5 Å². The molecule has 0 radical (unpaired) electrons. The van der Waals surface area contributed by atoms with Crippen LogP contribution in [-0.2, 0) is 6.42 Å². The summed E-state index contributed by atoms with van der Waals surface area (Å²) in [6, 6.07) is 4.25. The van der Waals surface area contributed by atoms with Gasteiger partial charge in [0.05, 0.1) is 6.20 Å². The third kappa shape index (κ3) is 2.77. The fourth-order valence-corrected chi connectivity index (χ4v) is 3.52. The van der Waals surface area contributed by atoms with E-state index in [0.717, 1.165) is 48.5 Å². The first-order chi connectivity index (χ1) is 11.3. The van der Waals surface area contributed by atoms with Gasteiger partial charge in [-0.05, 0) is 38.3 Å². The first-order valence-corrected chi connectivity index (χ1v) is 8.37. The molecule has 2 aromatic rings. The van der Waals surface area contributed by atoms with E-state index in [2.05, 4.69) is 14.9 Å². The maximum Gasteiger partial charge on any atom is 0.164 e. The molecule has 1 saturated heterocycles. The van der Waals surface area contributed by atoms with Crippen LogP contribution in [0.5, 0.6) is 5.75 Å². The standard InChI is InChI=1S/C18H21N3O2/c22-17-5-1-4-15-14(17)7-10-21(15)16-11-19-9-6-18(16)23-12-13-3-2-8-20-13/h6-7,9-11,13,20H,1-5,8,12H2/t13-/m0/s1. The average Bonchev–Trinajstić information content (AvgIpc) is 3.23. The van der Waals surface area contributed by atoms with Gasteiger partial charge in [-0.25, -0.2) is 0 Å². The predicted molar refractivity (Wildman–Crippen MR) is 87.4 cm³/mol. The Morgan fingerprint density at radius 1 is 1.30 bits per heavy atom. The molecular weight excluding hydrogens is 290 g/mol. The number of hydrogen-bond acceptors (Lipinski definition) is 4. The van der Waals surface area contributed by atoms with Crippen LogP contribution in [0.2, 0.25) is 0 Å². The molecule has 1 fully saturated rings. The second-order valence-electron chi connectivity index (χ2n) is 6.27. The first-order valence-electron chi connectivity index (χ1n) is 8.37. The summed E-state index contributed by atoms with van der Waals surface area (Å²) >= 11 is 0. The SMILES string of the molecule is O=C1CCCc2c1ccn2-c1cnccc1OC[C@@H]1CCCN1. The second-order valence-corrected chi connectivity index (χ2v) is 6.27. The van der Waals surface area contributed by atoms with E-state index >= 15 is 0 Å². The van der Waals surface area contributed by atoms with Crippen LogP contribution in [0.15, 0.2) is 30.7 Å². The molecule has 5 heteroatoms. The van der Waals surface area contributed by atoms with E-state index in [0.29, 0.717) is 19.1 Å². The number of nitrogens with zero attached hydrogens (tertiary/aromatic N) is 2. The van der Waals surface area contributed by atoms with Gasteiger partial charge in [0.15, 0.2) is 5.78 Å². The van der Waals surface area contributed by atoms with Gasteiger partial charge < -0.3 is 14.6 Å². The molecule has 1 N–H and O–H groups in total. The van der Waals surface area contributed by atoms with Crippen molar-refractivity contribution in [1.29, 1.82) is 0 Å². The van der Waals surface area contributed by atoms with Crippen LogP contribution in [0.4, 0.5) is 0 Å². The van der Waals surface area contributed by atoms with Gasteiger partial charge in [0.25, 0.3) is 0 Å². The lowest BCUT2D eigenvalue weighted by molar-refractivity contribution is 0.0972. The van der Waals surface area contributed by atoms with Gasteiger partial charge in [0.1, 0.15) is 18.0 Å². The lowest BCUT2D eigenvalue weighted by Crippen LogP contribution is -2.28. The van der Waals surface area contributed by atoms with Crippen LogP contribution < -0.4 is 10.1 Å². The monoisotopic (exact) mass is 311 g/mol. The molecule has 0 saturated carbocycles. The number of Topliss-reactive ketones (excluding diaryl/α,β-unsaturated/α-hetero) is 1. The number of fused-ring (bicyclic) bond motifs is 1. The molecule has 0 unspecified atom stereocenters. The molecule has 0 aromatic carbocycles. The number of aromatic nitrogens is 2. The summed E-state index contributed by atoms with van der Waals surface area (Å²) in [5.74, 6) is 1.07. The van der Waals surface area contributed by atoms with Crippen LogP contribution in [0.1, 0.15) is 41.7 Å². The molecule has 120 valence electrons. The molecular formula is C18H21N3O2. The molecule has 0 spiro atoms. The fraction of sp³-hybridized carbons (Fsp3) is 0.444. The van der Waals surface area contributed by atoms with Crippen molar-refractivity contribution in [3.05, 3.63) is 42.0 Å². The van der Waals surface area contributed by atoms with Gasteiger partial charge in [-0.15, -0.1) is 0 Å². The zero-order valence-electron chi connectivity index (χ0n) is 13.1. The van der Waals surface area contributed by atoms with E-state index in [1.165, 1.54) is 6.42 Å². The van der Waals surface area contributed by atoms with E-state index < -0.39 is 0 Å². The first kappa shape index (κ1) is 14.5. The van der Waals surface area contributed by atoms with Crippen molar-refractivity contribution < 1.29 is 9.53 Å². The lowest BCUT2D eigenvalue weighted by Gasteiger charge is -2.18. The molecule has 0 amide bonds. The number of pyridine rings is 1. The molecule has 2 aliphatic rings. The van der Waals surface area contributed by atoms with E-state index in [1.54, 1.807) is 6.20 Å². The molecule has 3 heterocycles. The average molecular weight is 311 g/mol. The van der Waals surface area contributed by atoms with Gasteiger partial charge in [-0.3, -0.25) is 9.78 Å². The molecule has 1 aliphatic heterocycles. The molecule has 23 heavy (non-hydrogen) atoms. The van der Waals surface area contributed by atoms with Crippen molar-refractivity contribution in [3.63, 3.8) is 0 Å². The van der Waals surface area contributed by atoms with Gasteiger partial charge in [-0.2, -0.15) is 0 Å². The third-order valence-corrected chi connectivity index (χ3v) is 4.73.